The van der Waals surface area contributed by atoms with Gasteiger partial charge in [0.1, 0.15) is 0 Å². The number of nitrogens with one attached hydrogen (secondary N) is 2. The number of benzene rings is 1. The van der Waals surface area contributed by atoms with Crippen LogP contribution in [0.5, 0.6) is 11.5 Å². The van der Waals surface area contributed by atoms with E-state index in [-0.39, 0.29) is 5.91 Å². The third kappa shape index (κ3) is 5.02. The summed E-state index contributed by atoms with van der Waals surface area (Å²) in [6.45, 7) is 3.86. The van der Waals surface area contributed by atoms with Crippen LogP contribution >= 0.6 is 15.9 Å². The van der Waals surface area contributed by atoms with Crippen molar-refractivity contribution in [2.75, 3.05) is 27.3 Å². The minimum absolute atomic E-state index is 0.0615. The summed E-state index contributed by atoms with van der Waals surface area (Å²) in [7, 11) is 3.21. The van der Waals surface area contributed by atoms with Crippen molar-refractivity contribution in [3.05, 3.63) is 22.2 Å². The molecule has 0 aliphatic rings. The molecule has 0 saturated heterocycles. The largest absolute Gasteiger partial charge is 0.493 e. The first-order valence-corrected chi connectivity index (χ1v) is 7.29. The molecule has 5 nitrogen and oxygen atoms in total. The lowest BCUT2D eigenvalue weighted by molar-refractivity contribution is -0.120. The molecule has 1 rings (SSSR count). The maximum atomic E-state index is 11.3. The Labute approximate surface area is 128 Å². The average molecular weight is 345 g/mol. The maximum absolute atomic E-state index is 11.3. The molecular weight excluding hydrogens is 324 g/mol. The molecule has 112 valence electrons. The Balaban J connectivity index is 2.53. The van der Waals surface area contributed by atoms with Gasteiger partial charge in [-0.15, -0.1) is 0 Å². The van der Waals surface area contributed by atoms with E-state index >= 15 is 0 Å². The van der Waals surface area contributed by atoms with E-state index in [9.17, 15) is 4.79 Å². The Morgan fingerprint density at radius 2 is 1.90 bits per heavy atom. The van der Waals surface area contributed by atoms with Gasteiger partial charge < -0.3 is 20.1 Å². The van der Waals surface area contributed by atoms with E-state index in [1.54, 1.807) is 14.2 Å². The fraction of sp³-hybridized carbons (Fsp3) is 0.500. The molecule has 0 bridgehead atoms. The van der Waals surface area contributed by atoms with Crippen LogP contribution in [-0.2, 0) is 11.3 Å². The van der Waals surface area contributed by atoms with Gasteiger partial charge in [-0.25, -0.2) is 0 Å². The molecule has 20 heavy (non-hydrogen) atoms. The number of amides is 1. The van der Waals surface area contributed by atoms with Gasteiger partial charge in [0.25, 0.3) is 0 Å². The van der Waals surface area contributed by atoms with Gasteiger partial charge in [0.05, 0.1) is 14.2 Å². The lowest BCUT2D eigenvalue weighted by Crippen LogP contribution is -2.27. The second-order valence-corrected chi connectivity index (χ2v) is 5.03. The van der Waals surface area contributed by atoms with Gasteiger partial charge in [-0.1, -0.05) is 15.9 Å². The SMILES string of the molecule is CCNC(=O)CCNCc1cc(OC)c(OC)cc1Br. The second kappa shape index (κ2) is 8.81. The topological polar surface area (TPSA) is 59.6 Å². The van der Waals surface area contributed by atoms with Crippen LogP contribution in [0, 0.1) is 0 Å². The van der Waals surface area contributed by atoms with Crippen molar-refractivity contribution >= 4 is 21.8 Å². The van der Waals surface area contributed by atoms with Crippen LogP contribution in [-0.4, -0.2) is 33.2 Å². The van der Waals surface area contributed by atoms with E-state index in [1.165, 1.54) is 0 Å². The fourth-order valence-electron chi connectivity index (χ4n) is 1.74. The quantitative estimate of drug-likeness (QED) is 0.709. The summed E-state index contributed by atoms with van der Waals surface area (Å²) >= 11 is 3.50. The summed E-state index contributed by atoms with van der Waals surface area (Å²) in [5, 5.41) is 6.00. The first-order chi connectivity index (χ1) is 9.62. The number of methoxy groups -OCH3 is 2. The average Bonchev–Trinajstić information content (AvgIpc) is 2.44. The zero-order valence-electron chi connectivity index (χ0n) is 12.1. The number of ether oxygens (including phenoxy) is 2. The molecule has 1 aromatic carbocycles. The van der Waals surface area contributed by atoms with Crippen LogP contribution in [0.2, 0.25) is 0 Å². The number of rotatable bonds is 8. The Hall–Kier alpha value is -1.27. The van der Waals surface area contributed by atoms with Crippen molar-refractivity contribution in [1.82, 2.24) is 10.6 Å². The van der Waals surface area contributed by atoms with Crippen molar-refractivity contribution < 1.29 is 14.3 Å². The predicted molar refractivity (Wildman–Crippen MR) is 82.3 cm³/mol. The molecule has 0 atom stereocenters. The number of halogens is 1. The Morgan fingerprint density at radius 3 is 2.50 bits per heavy atom. The summed E-state index contributed by atoms with van der Waals surface area (Å²) in [4.78, 5) is 11.3. The van der Waals surface area contributed by atoms with Crippen molar-refractivity contribution in [3.8, 4) is 11.5 Å². The lowest BCUT2D eigenvalue weighted by atomic mass is 10.2. The van der Waals surface area contributed by atoms with Crippen LogP contribution in [0.25, 0.3) is 0 Å². The summed E-state index contributed by atoms with van der Waals surface area (Å²) in [5.41, 5.74) is 1.05. The minimum atomic E-state index is 0.0615. The van der Waals surface area contributed by atoms with E-state index in [2.05, 4.69) is 26.6 Å². The molecule has 6 heteroatoms. The van der Waals surface area contributed by atoms with E-state index in [1.807, 2.05) is 19.1 Å². The zero-order chi connectivity index (χ0) is 15.0. The van der Waals surface area contributed by atoms with Gasteiger partial charge in [-0.2, -0.15) is 0 Å². The molecule has 0 fully saturated rings. The third-order valence-electron chi connectivity index (χ3n) is 2.77. The molecule has 0 saturated carbocycles. The molecule has 0 heterocycles. The van der Waals surface area contributed by atoms with Crippen molar-refractivity contribution in [2.24, 2.45) is 0 Å². The first-order valence-electron chi connectivity index (χ1n) is 6.50. The highest BCUT2D eigenvalue weighted by atomic mass is 79.9. The highest BCUT2D eigenvalue weighted by Crippen LogP contribution is 2.33. The standard InChI is InChI=1S/C14H21BrN2O3/c1-4-17-14(18)5-6-16-9-10-7-12(19-2)13(20-3)8-11(10)15/h7-8,16H,4-6,9H2,1-3H3,(H,17,18). The van der Waals surface area contributed by atoms with Gasteiger partial charge >= 0.3 is 0 Å². The van der Waals surface area contributed by atoms with Gasteiger partial charge in [-0.05, 0) is 24.6 Å². The minimum Gasteiger partial charge on any atom is -0.493 e. The molecule has 0 aliphatic heterocycles. The van der Waals surface area contributed by atoms with E-state index < -0.39 is 0 Å². The molecule has 0 aromatic heterocycles. The second-order valence-electron chi connectivity index (χ2n) is 4.18. The van der Waals surface area contributed by atoms with Crippen molar-refractivity contribution in [2.45, 2.75) is 19.9 Å². The predicted octanol–water partition coefficient (Wildman–Crippen LogP) is 2.08. The van der Waals surface area contributed by atoms with Crippen LogP contribution < -0.4 is 20.1 Å². The van der Waals surface area contributed by atoms with Crippen LogP contribution in [0.15, 0.2) is 16.6 Å². The Morgan fingerprint density at radius 1 is 1.25 bits per heavy atom. The van der Waals surface area contributed by atoms with Crippen LogP contribution in [0.1, 0.15) is 18.9 Å². The van der Waals surface area contributed by atoms with Crippen molar-refractivity contribution in [1.29, 1.82) is 0 Å². The van der Waals surface area contributed by atoms with Gasteiger partial charge in [0.2, 0.25) is 5.91 Å². The Bertz CT molecular complexity index is 452. The molecular formula is C14H21BrN2O3. The monoisotopic (exact) mass is 344 g/mol. The summed E-state index contributed by atoms with van der Waals surface area (Å²) in [6, 6.07) is 3.79. The number of hydrogen-bond donors (Lipinski definition) is 2. The normalized spacial score (nSPS) is 10.2. The van der Waals surface area contributed by atoms with E-state index in [0.717, 1.165) is 10.0 Å². The summed E-state index contributed by atoms with van der Waals surface area (Å²) in [6.07, 6.45) is 0.471. The summed E-state index contributed by atoms with van der Waals surface area (Å²) < 4.78 is 11.4. The zero-order valence-corrected chi connectivity index (χ0v) is 13.7. The van der Waals surface area contributed by atoms with Crippen LogP contribution in [0.3, 0.4) is 0 Å². The van der Waals surface area contributed by atoms with E-state index in [4.69, 9.17) is 9.47 Å². The maximum Gasteiger partial charge on any atom is 0.221 e. The molecule has 2 N–H and O–H groups in total. The van der Waals surface area contributed by atoms with Crippen molar-refractivity contribution in [3.63, 3.8) is 0 Å². The highest BCUT2D eigenvalue weighted by molar-refractivity contribution is 9.10. The van der Waals surface area contributed by atoms with Gasteiger partial charge in [0.15, 0.2) is 11.5 Å². The molecule has 0 aliphatic carbocycles. The molecule has 0 spiro atoms. The molecule has 0 unspecified atom stereocenters. The fourth-order valence-corrected chi connectivity index (χ4v) is 2.20. The molecule has 0 radical (unpaired) electrons. The van der Waals surface area contributed by atoms with E-state index in [0.29, 0.717) is 37.6 Å². The number of hydrogen-bond acceptors (Lipinski definition) is 4. The Kier molecular flexibility index (Phi) is 7.40. The first kappa shape index (κ1) is 16.8. The third-order valence-corrected chi connectivity index (χ3v) is 3.51. The van der Waals surface area contributed by atoms with Crippen LogP contribution in [0.4, 0.5) is 0 Å². The lowest BCUT2D eigenvalue weighted by Gasteiger charge is -2.12. The number of carbonyl (C=O) groups is 1. The highest BCUT2D eigenvalue weighted by Gasteiger charge is 2.09. The summed E-state index contributed by atoms with van der Waals surface area (Å²) in [5.74, 6) is 1.44. The molecule has 1 amide bonds. The van der Waals surface area contributed by atoms with Gasteiger partial charge in [-0.3, -0.25) is 4.79 Å². The smallest absolute Gasteiger partial charge is 0.221 e. The number of carbonyl (C=O) groups excluding carboxylic acids is 1. The molecule has 1 aromatic rings. The van der Waals surface area contributed by atoms with Gasteiger partial charge in [0, 0.05) is 30.5 Å².